The Balaban J connectivity index is 0.00000127. The first-order chi connectivity index (χ1) is 11.0. The summed E-state index contributed by atoms with van der Waals surface area (Å²) in [6, 6.07) is 11.4. The number of methoxy groups -OCH3 is 1. The molecule has 0 fully saturated rings. The topological polar surface area (TPSA) is 81.5 Å². The lowest BCUT2D eigenvalue weighted by Crippen LogP contribution is -2.04. The van der Waals surface area contributed by atoms with Crippen molar-refractivity contribution in [3.05, 3.63) is 63.7 Å². The van der Waals surface area contributed by atoms with Gasteiger partial charge in [-0.25, -0.2) is 4.79 Å². The van der Waals surface area contributed by atoms with Crippen LogP contribution in [0.5, 0.6) is 0 Å². The van der Waals surface area contributed by atoms with Gasteiger partial charge in [-0.1, -0.05) is 31.5 Å². The molecular weight excluding hydrogens is 296 g/mol. The van der Waals surface area contributed by atoms with Gasteiger partial charge in [-0.3, -0.25) is 10.1 Å². The summed E-state index contributed by atoms with van der Waals surface area (Å²) in [4.78, 5) is 22.1. The van der Waals surface area contributed by atoms with E-state index < -0.39 is 10.9 Å². The number of hydrogen-bond acceptors (Lipinski definition) is 5. The fourth-order valence-electron chi connectivity index (χ4n) is 1.83. The molecule has 0 unspecified atom stereocenters. The summed E-state index contributed by atoms with van der Waals surface area (Å²) in [6.07, 6.45) is 0. The van der Waals surface area contributed by atoms with Gasteiger partial charge in [-0.15, -0.1) is 0 Å². The van der Waals surface area contributed by atoms with Crippen LogP contribution in [0.25, 0.3) is 0 Å². The van der Waals surface area contributed by atoms with Crippen LogP contribution >= 0.6 is 0 Å². The van der Waals surface area contributed by atoms with Crippen molar-refractivity contribution in [2.75, 3.05) is 12.4 Å². The summed E-state index contributed by atoms with van der Waals surface area (Å²) < 4.78 is 4.62. The van der Waals surface area contributed by atoms with Crippen molar-refractivity contribution in [2.45, 2.75) is 20.8 Å². The first-order valence-electron chi connectivity index (χ1n) is 7.21. The van der Waals surface area contributed by atoms with Crippen LogP contribution < -0.4 is 5.32 Å². The molecule has 6 heteroatoms. The second kappa shape index (κ2) is 8.53. The number of ether oxygens (including phenoxy) is 1. The van der Waals surface area contributed by atoms with E-state index in [2.05, 4.69) is 10.1 Å². The highest BCUT2D eigenvalue weighted by molar-refractivity contribution is 5.92. The zero-order valence-electron chi connectivity index (χ0n) is 13.6. The van der Waals surface area contributed by atoms with Gasteiger partial charge < -0.3 is 10.1 Å². The lowest BCUT2D eigenvalue weighted by molar-refractivity contribution is -0.383. The number of aryl methyl sites for hydroxylation is 1. The van der Waals surface area contributed by atoms with Gasteiger partial charge in [0.1, 0.15) is 5.69 Å². The number of nitro benzene ring substituents is 1. The molecule has 0 saturated heterocycles. The van der Waals surface area contributed by atoms with E-state index in [0.717, 1.165) is 5.56 Å². The molecule has 0 bridgehead atoms. The van der Waals surface area contributed by atoms with Crippen molar-refractivity contribution in [3.63, 3.8) is 0 Å². The van der Waals surface area contributed by atoms with Crippen molar-refractivity contribution in [1.29, 1.82) is 0 Å². The molecule has 0 aliphatic rings. The summed E-state index contributed by atoms with van der Waals surface area (Å²) in [7, 11) is 1.26. The number of benzene rings is 2. The van der Waals surface area contributed by atoms with Gasteiger partial charge in [-0.05, 0) is 31.2 Å². The van der Waals surface area contributed by atoms with E-state index in [1.807, 2.05) is 45.0 Å². The maximum absolute atomic E-state index is 11.5. The number of nitro groups is 1. The Morgan fingerprint density at radius 3 is 2.26 bits per heavy atom. The van der Waals surface area contributed by atoms with Gasteiger partial charge in [0.2, 0.25) is 0 Å². The van der Waals surface area contributed by atoms with Crippen molar-refractivity contribution in [3.8, 4) is 0 Å². The summed E-state index contributed by atoms with van der Waals surface area (Å²) >= 11 is 0. The number of carbonyl (C=O) groups excluding carboxylic acids is 1. The van der Waals surface area contributed by atoms with Crippen LogP contribution in [0.1, 0.15) is 29.8 Å². The van der Waals surface area contributed by atoms with Crippen molar-refractivity contribution >= 4 is 23.0 Å². The molecule has 0 amide bonds. The van der Waals surface area contributed by atoms with Crippen LogP contribution in [0.4, 0.5) is 17.1 Å². The predicted molar refractivity (Wildman–Crippen MR) is 90.2 cm³/mol. The highest BCUT2D eigenvalue weighted by Gasteiger charge is 2.17. The number of carbonyl (C=O) groups is 1. The lowest BCUT2D eigenvalue weighted by Gasteiger charge is -2.09. The van der Waals surface area contributed by atoms with Crippen LogP contribution in [0.3, 0.4) is 0 Å². The fraction of sp³-hybridized carbons (Fsp3) is 0.235. The van der Waals surface area contributed by atoms with E-state index in [1.54, 1.807) is 0 Å². The second-order valence-electron chi connectivity index (χ2n) is 4.47. The first kappa shape index (κ1) is 18.2. The van der Waals surface area contributed by atoms with E-state index in [4.69, 9.17) is 0 Å². The van der Waals surface area contributed by atoms with Gasteiger partial charge in [0, 0.05) is 11.8 Å². The molecular formula is C17H20N2O4. The number of esters is 1. The number of rotatable bonds is 4. The monoisotopic (exact) mass is 316 g/mol. The number of hydrogen-bond donors (Lipinski definition) is 1. The Labute approximate surface area is 135 Å². The summed E-state index contributed by atoms with van der Waals surface area (Å²) in [6.45, 7) is 5.95. The smallest absolute Gasteiger partial charge is 0.337 e. The van der Waals surface area contributed by atoms with E-state index in [0.29, 0.717) is 5.69 Å². The molecule has 23 heavy (non-hydrogen) atoms. The largest absolute Gasteiger partial charge is 0.465 e. The Morgan fingerprint density at radius 1 is 1.13 bits per heavy atom. The van der Waals surface area contributed by atoms with Gasteiger partial charge in [0.25, 0.3) is 5.69 Å². The van der Waals surface area contributed by atoms with Gasteiger partial charge in [-0.2, -0.15) is 0 Å². The Bertz CT molecular complexity index is 681. The van der Waals surface area contributed by atoms with Crippen molar-refractivity contribution in [2.24, 2.45) is 0 Å². The van der Waals surface area contributed by atoms with Gasteiger partial charge in [0.15, 0.2) is 0 Å². The molecule has 0 aliphatic carbocycles. The van der Waals surface area contributed by atoms with E-state index >= 15 is 0 Å². The minimum atomic E-state index is -0.545. The Hall–Kier alpha value is -2.89. The molecule has 0 saturated carbocycles. The second-order valence-corrected chi connectivity index (χ2v) is 4.47. The quantitative estimate of drug-likeness (QED) is 0.511. The van der Waals surface area contributed by atoms with Crippen LogP contribution in [-0.4, -0.2) is 18.0 Å². The van der Waals surface area contributed by atoms with Crippen LogP contribution in [-0.2, 0) is 4.74 Å². The predicted octanol–water partition coefficient (Wildman–Crippen LogP) is 4.46. The average Bonchev–Trinajstić information content (AvgIpc) is 2.57. The maximum Gasteiger partial charge on any atom is 0.337 e. The standard InChI is InChI=1S/C15H14N2O4.C2H6/c1-10-3-6-12(7-4-10)16-13-9-11(15(18)21-2)5-8-14(13)17(19)20;1-2/h3-9,16H,1-2H3;1-2H3. The molecule has 2 aromatic carbocycles. The van der Waals surface area contributed by atoms with Gasteiger partial charge in [0.05, 0.1) is 17.6 Å². The summed E-state index contributed by atoms with van der Waals surface area (Å²) in [5.74, 6) is -0.545. The highest BCUT2D eigenvalue weighted by atomic mass is 16.6. The molecule has 0 aliphatic heterocycles. The van der Waals surface area contributed by atoms with E-state index in [1.165, 1.54) is 25.3 Å². The molecule has 0 spiro atoms. The molecule has 0 radical (unpaired) electrons. The van der Waals surface area contributed by atoms with E-state index in [-0.39, 0.29) is 16.9 Å². The molecule has 2 rings (SSSR count). The third-order valence-corrected chi connectivity index (χ3v) is 2.94. The molecule has 6 nitrogen and oxygen atoms in total. The molecule has 0 atom stereocenters. The van der Waals surface area contributed by atoms with Crippen molar-refractivity contribution < 1.29 is 14.5 Å². The first-order valence-corrected chi connectivity index (χ1v) is 7.21. The zero-order valence-corrected chi connectivity index (χ0v) is 13.6. The van der Waals surface area contributed by atoms with E-state index in [9.17, 15) is 14.9 Å². The zero-order chi connectivity index (χ0) is 17.4. The Morgan fingerprint density at radius 2 is 1.74 bits per heavy atom. The lowest BCUT2D eigenvalue weighted by atomic mass is 10.1. The summed E-state index contributed by atoms with van der Waals surface area (Å²) in [5.41, 5.74) is 2.16. The third kappa shape index (κ3) is 4.81. The fourth-order valence-corrected chi connectivity index (χ4v) is 1.83. The molecule has 1 N–H and O–H groups in total. The normalized spacial score (nSPS) is 9.39. The molecule has 0 aromatic heterocycles. The number of anilines is 2. The highest BCUT2D eigenvalue weighted by Crippen LogP contribution is 2.29. The average molecular weight is 316 g/mol. The molecule has 0 heterocycles. The van der Waals surface area contributed by atoms with Crippen LogP contribution in [0.2, 0.25) is 0 Å². The van der Waals surface area contributed by atoms with Crippen LogP contribution in [0.15, 0.2) is 42.5 Å². The number of nitrogens with zero attached hydrogens (tertiary/aromatic N) is 1. The SMILES string of the molecule is CC.COC(=O)c1ccc([N+](=O)[O-])c(Nc2ccc(C)cc2)c1. The third-order valence-electron chi connectivity index (χ3n) is 2.94. The van der Waals surface area contributed by atoms with Crippen molar-refractivity contribution in [1.82, 2.24) is 0 Å². The minimum absolute atomic E-state index is 0.108. The molecule has 2 aromatic rings. The molecule has 122 valence electrons. The summed E-state index contributed by atoms with van der Waals surface area (Å²) in [5, 5.41) is 14.0. The maximum atomic E-state index is 11.5. The minimum Gasteiger partial charge on any atom is -0.465 e. The van der Waals surface area contributed by atoms with Crippen LogP contribution in [0, 0.1) is 17.0 Å². The van der Waals surface area contributed by atoms with Gasteiger partial charge >= 0.3 is 5.97 Å². The Kier molecular flexibility index (Phi) is 6.73. The number of nitrogens with one attached hydrogen (secondary N) is 1.